The number of amides is 1. The molecule has 0 unspecified atom stereocenters. The summed E-state index contributed by atoms with van der Waals surface area (Å²) in [5.41, 5.74) is 1.32. The monoisotopic (exact) mass is 229 g/mol. The Kier molecular flexibility index (Phi) is 2.87. The molecule has 2 fully saturated rings. The van der Waals surface area contributed by atoms with Gasteiger partial charge in [0.1, 0.15) is 0 Å². The standard InChI is InChI=1S/C15H19NO/c17-15(16-12-8-4-5-9-12)14-10-13(14)11-6-2-1-3-7-11/h1-3,6-7,12-14H,4-5,8-10H2,(H,16,17)/t13-,14-/m0/s1. The van der Waals surface area contributed by atoms with Crippen LogP contribution in [-0.2, 0) is 4.79 Å². The van der Waals surface area contributed by atoms with Crippen LogP contribution in [0.1, 0.15) is 43.6 Å². The van der Waals surface area contributed by atoms with Gasteiger partial charge in [-0.3, -0.25) is 4.79 Å². The van der Waals surface area contributed by atoms with Gasteiger partial charge in [0.25, 0.3) is 0 Å². The predicted molar refractivity (Wildman–Crippen MR) is 67.7 cm³/mol. The second-order valence-corrected chi connectivity index (χ2v) is 5.35. The molecule has 0 heterocycles. The van der Waals surface area contributed by atoms with Crippen LogP contribution in [-0.4, -0.2) is 11.9 Å². The largest absolute Gasteiger partial charge is 0.353 e. The maximum Gasteiger partial charge on any atom is 0.223 e. The zero-order chi connectivity index (χ0) is 11.7. The highest BCUT2D eigenvalue weighted by molar-refractivity contribution is 5.83. The van der Waals surface area contributed by atoms with E-state index >= 15 is 0 Å². The van der Waals surface area contributed by atoms with Crippen LogP contribution in [0.15, 0.2) is 30.3 Å². The molecule has 2 aliphatic carbocycles. The number of hydrogen-bond acceptors (Lipinski definition) is 1. The molecule has 1 aromatic carbocycles. The van der Waals surface area contributed by atoms with E-state index in [1.54, 1.807) is 0 Å². The quantitative estimate of drug-likeness (QED) is 0.848. The number of rotatable bonds is 3. The van der Waals surface area contributed by atoms with Crippen molar-refractivity contribution in [3.8, 4) is 0 Å². The number of carbonyl (C=O) groups is 1. The highest BCUT2D eigenvalue weighted by atomic mass is 16.2. The van der Waals surface area contributed by atoms with E-state index in [1.165, 1.54) is 31.2 Å². The van der Waals surface area contributed by atoms with Gasteiger partial charge in [-0.2, -0.15) is 0 Å². The van der Waals surface area contributed by atoms with Crippen molar-refractivity contribution in [2.24, 2.45) is 5.92 Å². The maximum atomic E-state index is 12.0. The first-order valence-electron chi connectivity index (χ1n) is 6.70. The summed E-state index contributed by atoms with van der Waals surface area (Å²) >= 11 is 0. The predicted octanol–water partition coefficient (Wildman–Crippen LogP) is 2.85. The van der Waals surface area contributed by atoms with Gasteiger partial charge in [-0.1, -0.05) is 43.2 Å². The van der Waals surface area contributed by atoms with E-state index in [0.29, 0.717) is 12.0 Å². The van der Waals surface area contributed by atoms with Crippen molar-refractivity contribution in [1.29, 1.82) is 0 Å². The Morgan fingerprint density at radius 1 is 1.12 bits per heavy atom. The third-order valence-corrected chi connectivity index (χ3v) is 4.06. The van der Waals surface area contributed by atoms with Gasteiger partial charge < -0.3 is 5.32 Å². The Bertz CT molecular complexity index is 395. The number of hydrogen-bond donors (Lipinski definition) is 1. The molecule has 3 rings (SSSR count). The fourth-order valence-corrected chi connectivity index (χ4v) is 2.93. The molecule has 0 aliphatic heterocycles. The average molecular weight is 229 g/mol. The highest BCUT2D eigenvalue weighted by Crippen LogP contribution is 2.47. The minimum atomic E-state index is 0.234. The van der Waals surface area contributed by atoms with Gasteiger partial charge in [-0.25, -0.2) is 0 Å². The van der Waals surface area contributed by atoms with Crippen molar-refractivity contribution >= 4 is 5.91 Å². The van der Waals surface area contributed by atoms with Crippen LogP contribution >= 0.6 is 0 Å². The van der Waals surface area contributed by atoms with E-state index in [0.717, 1.165) is 6.42 Å². The Balaban J connectivity index is 1.55. The molecule has 1 amide bonds. The van der Waals surface area contributed by atoms with E-state index in [4.69, 9.17) is 0 Å². The SMILES string of the molecule is O=C(NC1CCCC1)[C@H]1C[C@H]1c1ccccc1. The molecule has 2 nitrogen and oxygen atoms in total. The van der Waals surface area contributed by atoms with Crippen LogP contribution in [0.3, 0.4) is 0 Å². The van der Waals surface area contributed by atoms with E-state index in [1.807, 2.05) is 6.07 Å². The first-order chi connectivity index (χ1) is 8.34. The topological polar surface area (TPSA) is 29.1 Å². The lowest BCUT2D eigenvalue weighted by Crippen LogP contribution is -2.34. The molecule has 2 heteroatoms. The first-order valence-corrected chi connectivity index (χ1v) is 6.70. The lowest BCUT2D eigenvalue weighted by Gasteiger charge is -2.11. The van der Waals surface area contributed by atoms with E-state index < -0.39 is 0 Å². The van der Waals surface area contributed by atoms with Gasteiger partial charge in [-0.15, -0.1) is 0 Å². The van der Waals surface area contributed by atoms with Crippen LogP contribution in [0, 0.1) is 5.92 Å². The van der Waals surface area contributed by atoms with Crippen LogP contribution in [0.25, 0.3) is 0 Å². The molecule has 2 atom stereocenters. The normalized spacial score (nSPS) is 28.0. The zero-order valence-electron chi connectivity index (χ0n) is 10.1. The Hall–Kier alpha value is -1.31. The van der Waals surface area contributed by atoms with Crippen LogP contribution in [0.5, 0.6) is 0 Å². The number of benzene rings is 1. The lowest BCUT2D eigenvalue weighted by atomic mass is 10.1. The molecular formula is C15H19NO. The minimum Gasteiger partial charge on any atom is -0.353 e. The molecule has 0 spiro atoms. The summed E-state index contributed by atoms with van der Waals surface area (Å²) in [4.78, 5) is 12.0. The smallest absolute Gasteiger partial charge is 0.223 e. The maximum absolute atomic E-state index is 12.0. The van der Waals surface area contributed by atoms with Crippen molar-refractivity contribution in [3.63, 3.8) is 0 Å². The first kappa shape index (κ1) is 10.8. The second kappa shape index (κ2) is 4.52. The zero-order valence-corrected chi connectivity index (χ0v) is 10.1. The summed E-state index contributed by atoms with van der Waals surface area (Å²) < 4.78 is 0. The average Bonchev–Trinajstić information content (AvgIpc) is 3.02. The number of nitrogens with one attached hydrogen (secondary N) is 1. The van der Waals surface area contributed by atoms with E-state index in [9.17, 15) is 4.79 Å². The molecule has 2 aliphatic rings. The molecule has 0 radical (unpaired) electrons. The van der Waals surface area contributed by atoms with Gasteiger partial charge in [0.15, 0.2) is 0 Å². The lowest BCUT2D eigenvalue weighted by molar-refractivity contribution is -0.123. The van der Waals surface area contributed by atoms with Crippen molar-refractivity contribution in [3.05, 3.63) is 35.9 Å². The van der Waals surface area contributed by atoms with Gasteiger partial charge in [-0.05, 0) is 30.7 Å². The van der Waals surface area contributed by atoms with E-state index in [2.05, 4.69) is 29.6 Å². The summed E-state index contributed by atoms with van der Waals surface area (Å²) in [5.74, 6) is 0.987. The summed E-state index contributed by atoms with van der Waals surface area (Å²) in [5, 5.41) is 3.20. The van der Waals surface area contributed by atoms with Gasteiger partial charge in [0.2, 0.25) is 5.91 Å². The summed E-state index contributed by atoms with van der Waals surface area (Å²) in [6.07, 6.45) is 5.93. The van der Waals surface area contributed by atoms with Crippen LogP contribution in [0.4, 0.5) is 0 Å². The molecule has 2 saturated carbocycles. The highest BCUT2D eigenvalue weighted by Gasteiger charge is 2.44. The molecule has 0 bridgehead atoms. The van der Waals surface area contributed by atoms with Crippen molar-refractivity contribution < 1.29 is 4.79 Å². The van der Waals surface area contributed by atoms with Gasteiger partial charge in [0.05, 0.1) is 0 Å². The molecule has 17 heavy (non-hydrogen) atoms. The van der Waals surface area contributed by atoms with Gasteiger partial charge >= 0.3 is 0 Å². The van der Waals surface area contributed by atoms with Gasteiger partial charge in [0, 0.05) is 12.0 Å². The molecule has 0 saturated heterocycles. The van der Waals surface area contributed by atoms with Crippen molar-refractivity contribution in [2.45, 2.75) is 44.1 Å². The van der Waals surface area contributed by atoms with Crippen molar-refractivity contribution in [2.75, 3.05) is 0 Å². The fraction of sp³-hybridized carbons (Fsp3) is 0.533. The summed E-state index contributed by atoms with van der Waals surface area (Å²) in [7, 11) is 0. The third kappa shape index (κ3) is 2.36. The number of carbonyl (C=O) groups excluding carboxylic acids is 1. The summed E-state index contributed by atoms with van der Waals surface area (Å²) in [6, 6.07) is 10.9. The molecule has 90 valence electrons. The Morgan fingerprint density at radius 2 is 1.82 bits per heavy atom. The fourth-order valence-electron chi connectivity index (χ4n) is 2.93. The van der Waals surface area contributed by atoms with Crippen LogP contribution < -0.4 is 5.32 Å². The minimum absolute atomic E-state index is 0.234. The van der Waals surface area contributed by atoms with E-state index in [-0.39, 0.29) is 11.8 Å². The molecule has 1 aromatic rings. The van der Waals surface area contributed by atoms with Crippen LogP contribution in [0.2, 0.25) is 0 Å². The molecule has 1 N–H and O–H groups in total. The Morgan fingerprint density at radius 3 is 2.53 bits per heavy atom. The summed E-state index contributed by atoms with van der Waals surface area (Å²) in [6.45, 7) is 0. The molecule has 0 aromatic heterocycles. The Labute approximate surface area is 102 Å². The third-order valence-electron chi connectivity index (χ3n) is 4.06. The molecular weight excluding hydrogens is 210 g/mol. The van der Waals surface area contributed by atoms with Crippen molar-refractivity contribution in [1.82, 2.24) is 5.32 Å². The second-order valence-electron chi connectivity index (χ2n) is 5.35.